The molecule has 2 fully saturated rings. The summed E-state index contributed by atoms with van der Waals surface area (Å²) in [5, 5.41) is 8.93. The average Bonchev–Trinajstić information content (AvgIpc) is 3.18. The molecule has 3 rings (SSSR count). The number of hydrogen-bond donors (Lipinski definition) is 1. The Morgan fingerprint density at radius 2 is 2.12 bits per heavy atom. The predicted molar refractivity (Wildman–Crippen MR) is 62.0 cm³/mol. The van der Waals surface area contributed by atoms with Crippen molar-refractivity contribution in [3.8, 4) is 0 Å². The number of rotatable bonds is 5. The van der Waals surface area contributed by atoms with E-state index in [4.69, 9.17) is 5.11 Å². The van der Waals surface area contributed by atoms with Crippen LogP contribution in [0.5, 0.6) is 0 Å². The van der Waals surface area contributed by atoms with Crippen LogP contribution in [0.15, 0.2) is 12.4 Å². The van der Waals surface area contributed by atoms with Gasteiger partial charge in [0.15, 0.2) is 0 Å². The fraction of sp³-hybridized carbons (Fsp3) is 0.583. The van der Waals surface area contributed by atoms with Crippen molar-refractivity contribution in [3.05, 3.63) is 18.1 Å². The minimum absolute atomic E-state index is 0.0335. The molecule has 1 aromatic rings. The Bertz CT molecular complexity index is 441. The Labute approximate surface area is 99.5 Å². The lowest BCUT2D eigenvalue weighted by Crippen LogP contribution is -2.32. The Kier molecular flexibility index (Phi) is 2.46. The predicted octanol–water partition coefficient (Wildman–Crippen LogP) is 1.41. The normalized spacial score (nSPS) is 19.1. The largest absolute Gasteiger partial charge is 0.480 e. The van der Waals surface area contributed by atoms with E-state index in [9.17, 15) is 4.79 Å². The number of aliphatic carboxylic acids is 1. The van der Waals surface area contributed by atoms with Gasteiger partial charge in [-0.15, -0.1) is 0 Å². The van der Waals surface area contributed by atoms with Crippen molar-refractivity contribution >= 4 is 11.8 Å². The van der Waals surface area contributed by atoms with Gasteiger partial charge in [-0.25, -0.2) is 9.97 Å². The Hall–Kier alpha value is -1.65. The molecule has 0 saturated heterocycles. The smallest absolute Gasteiger partial charge is 0.323 e. The lowest BCUT2D eigenvalue weighted by Gasteiger charge is -2.21. The molecule has 0 aromatic carbocycles. The summed E-state index contributed by atoms with van der Waals surface area (Å²) in [5.41, 5.74) is 1.06. The lowest BCUT2D eigenvalue weighted by molar-refractivity contribution is -0.135. The molecule has 1 aromatic heterocycles. The lowest BCUT2D eigenvalue weighted by atomic mass is 10.2. The summed E-state index contributed by atoms with van der Waals surface area (Å²) in [7, 11) is 0. The zero-order chi connectivity index (χ0) is 11.8. The topological polar surface area (TPSA) is 66.3 Å². The van der Waals surface area contributed by atoms with Crippen LogP contribution in [0.25, 0.3) is 0 Å². The van der Waals surface area contributed by atoms with Gasteiger partial charge in [-0.1, -0.05) is 0 Å². The standard InChI is InChI=1S/C12H15N3O2/c16-12(17)6-15(9-3-4-9)11-5-10(8-1-2-8)13-7-14-11/h5,7-9H,1-4,6H2,(H,16,17). The first-order valence-electron chi connectivity index (χ1n) is 6.04. The van der Waals surface area contributed by atoms with Crippen LogP contribution >= 0.6 is 0 Å². The third kappa shape index (κ3) is 2.38. The van der Waals surface area contributed by atoms with E-state index in [0.717, 1.165) is 24.4 Å². The quantitative estimate of drug-likeness (QED) is 0.832. The summed E-state index contributed by atoms with van der Waals surface area (Å²) in [5.74, 6) is 0.540. The SMILES string of the molecule is O=C(O)CN(c1cc(C2CC2)ncn1)C1CC1. The number of carbonyl (C=O) groups is 1. The molecular weight excluding hydrogens is 218 g/mol. The molecule has 2 saturated carbocycles. The maximum absolute atomic E-state index is 10.9. The van der Waals surface area contributed by atoms with Crippen molar-refractivity contribution in [2.24, 2.45) is 0 Å². The Morgan fingerprint density at radius 1 is 1.35 bits per heavy atom. The molecule has 1 heterocycles. The molecule has 0 unspecified atom stereocenters. The summed E-state index contributed by atoms with van der Waals surface area (Å²) in [6.07, 6.45) is 6.07. The maximum atomic E-state index is 10.9. The van der Waals surface area contributed by atoms with Gasteiger partial charge in [0.25, 0.3) is 0 Å². The Morgan fingerprint density at radius 3 is 2.71 bits per heavy atom. The van der Waals surface area contributed by atoms with Crippen molar-refractivity contribution in [1.29, 1.82) is 0 Å². The van der Waals surface area contributed by atoms with Crippen LogP contribution in [-0.2, 0) is 4.79 Å². The van der Waals surface area contributed by atoms with Crippen molar-refractivity contribution < 1.29 is 9.90 Å². The van der Waals surface area contributed by atoms with E-state index >= 15 is 0 Å². The van der Waals surface area contributed by atoms with Gasteiger partial charge in [0.1, 0.15) is 18.7 Å². The van der Waals surface area contributed by atoms with Gasteiger partial charge >= 0.3 is 5.97 Å². The summed E-state index contributed by atoms with van der Waals surface area (Å²) in [4.78, 5) is 21.2. The fourth-order valence-electron chi connectivity index (χ4n) is 2.05. The molecule has 0 bridgehead atoms. The van der Waals surface area contributed by atoms with Crippen LogP contribution in [0, 0.1) is 0 Å². The van der Waals surface area contributed by atoms with Gasteiger partial charge < -0.3 is 10.0 Å². The van der Waals surface area contributed by atoms with E-state index in [1.54, 1.807) is 6.33 Å². The maximum Gasteiger partial charge on any atom is 0.323 e. The summed E-state index contributed by atoms with van der Waals surface area (Å²) in [6.45, 7) is 0.0335. The second-order valence-electron chi connectivity index (χ2n) is 4.83. The minimum atomic E-state index is -0.802. The van der Waals surface area contributed by atoms with E-state index in [2.05, 4.69) is 9.97 Å². The van der Waals surface area contributed by atoms with Crippen LogP contribution in [0.2, 0.25) is 0 Å². The second kappa shape index (κ2) is 3.98. The third-order valence-electron chi connectivity index (χ3n) is 3.26. The molecule has 0 aliphatic heterocycles. The van der Waals surface area contributed by atoms with Crippen molar-refractivity contribution in [1.82, 2.24) is 9.97 Å². The number of nitrogens with zero attached hydrogens (tertiary/aromatic N) is 3. The zero-order valence-electron chi connectivity index (χ0n) is 9.54. The monoisotopic (exact) mass is 233 g/mol. The van der Waals surface area contributed by atoms with Gasteiger partial charge in [0.05, 0.1) is 0 Å². The van der Waals surface area contributed by atoms with Gasteiger partial charge in [-0.05, 0) is 25.7 Å². The molecule has 1 N–H and O–H groups in total. The van der Waals surface area contributed by atoms with E-state index in [1.807, 2.05) is 11.0 Å². The first kappa shape index (κ1) is 10.5. The van der Waals surface area contributed by atoms with E-state index < -0.39 is 5.97 Å². The van der Waals surface area contributed by atoms with Gasteiger partial charge in [-0.2, -0.15) is 0 Å². The molecule has 17 heavy (non-hydrogen) atoms. The van der Waals surface area contributed by atoms with Crippen LogP contribution in [0.1, 0.15) is 37.3 Å². The molecule has 90 valence electrons. The third-order valence-corrected chi connectivity index (χ3v) is 3.26. The highest BCUT2D eigenvalue weighted by atomic mass is 16.4. The summed E-state index contributed by atoms with van der Waals surface area (Å²) in [6, 6.07) is 2.31. The average molecular weight is 233 g/mol. The van der Waals surface area contributed by atoms with Gasteiger partial charge in [0.2, 0.25) is 0 Å². The van der Waals surface area contributed by atoms with Gasteiger partial charge in [-0.3, -0.25) is 4.79 Å². The molecule has 0 radical (unpaired) electrons. The van der Waals surface area contributed by atoms with E-state index in [0.29, 0.717) is 12.0 Å². The van der Waals surface area contributed by atoms with Crippen LogP contribution in [-0.4, -0.2) is 33.6 Å². The van der Waals surface area contributed by atoms with Crippen molar-refractivity contribution in [3.63, 3.8) is 0 Å². The number of hydrogen-bond acceptors (Lipinski definition) is 4. The van der Waals surface area contributed by atoms with Crippen LogP contribution in [0.3, 0.4) is 0 Å². The number of carboxylic acids is 1. The first-order valence-corrected chi connectivity index (χ1v) is 6.04. The fourth-order valence-corrected chi connectivity index (χ4v) is 2.05. The molecule has 0 spiro atoms. The molecule has 2 aliphatic rings. The number of anilines is 1. The van der Waals surface area contributed by atoms with E-state index in [-0.39, 0.29) is 6.54 Å². The van der Waals surface area contributed by atoms with Crippen molar-refractivity contribution in [2.75, 3.05) is 11.4 Å². The number of carboxylic acid groups (broad SMARTS) is 1. The zero-order valence-corrected chi connectivity index (χ0v) is 9.54. The highest BCUT2D eigenvalue weighted by Gasteiger charge is 2.32. The molecule has 0 amide bonds. The molecule has 2 aliphatic carbocycles. The van der Waals surface area contributed by atoms with Crippen molar-refractivity contribution in [2.45, 2.75) is 37.6 Å². The first-order chi connectivity index (χ1) is 8.24. The Balaban J connectivity index is 1.83. The van der Waals surface area contributed by atoms with E-state index in [1.165, 1.54) is 12.8 Å². The minimum Gasteiger partial charge on any atom is -0.480 e. The van der Waals surface area contributed by atoms with Crippen LogP contribution in [0.4, 0.5) is 5.82 Å². The highest BCUT2D eigenvalue weighted by molar-refractivity contribution is 5.73. The molecule has 5 nitrogen and oxygen atoms in total. The second-order valence-corrected chi connectivity index (χ2v) is 4.83. The van der Waals surface area contributed by atoms with Gasteiger partial charge in [0, 0.05) is 23.7 Å². The number of aromatic nitrogens is 2. The van der Waals surface area contributed by atoms with Crippen LogP contribution < -0.4 is 4.90 Å². The molecule has 5 heteroatoms. The molecular formula is C12H15N3O2. The summed E-state index contributed by atoms with van der Waals surface area (Å²) < 4.78 is 0. The summed E-state index contributed by atoms with van der Waals surface area (Å²) >= 11 is 0. The highest BCUT2D eigenvalue weighted by Crippen LogP contribution is 2.40. The molecule has 0 atom stereocenters.